The van der Waals surface area contributed by atoms with Crippen LogP contribution in [0.3, 0.4) is 0 Å². The van der Waals surface area contributed by atoms with Crippen molar-refractivity contribution in [2.75, 3.05) is 0 Å². The Labute approximate surface area is 68.7 Å². The molecule has 0 atom stereocenters. The Bertz CT molecular complexity index is 336. The van der Waals surface area contributed by atoms with Gasteiger partial charge in [-0.1, -0.05) is 0 Å². The van der Waals surface area contributed by atoms with Crippen LogP contribution in [0.25, 0.3) is 0 Å². The number of carboxylic acids is 1. The third kappa shape index (κ3) is 1.34. The van der Waals surface area contributed by atoms with Gasteiger partial charge in [0.05, 0.1) is 11.4 Å². The number of aromatic hydroxyl groups is 1. The summed E-state index contributed by atoms with van der Waals surface area (Å²) in [4.78, 5) is 17.7. The molecule has 0 saturated heterocycles. The number of carboxylic acid groups (broad SMARTS) is 1. The summed E-state index contributed by atoms with van der Waals surface area (Å²) in [6.45, 7) is 3.28. The van der Waals surface area contributed by atoms with Gasteiger partial charge >= 0.3 is 5.97 Å². The third-order valence-electron chi connectivity index (χ3n) is 1.49. The Morgan fingerprint density at radius 2 is 1.75 bits per heavy atom. The van der Waals surface area contributed by atoms with Crippen LogP contribution in [0.2, 0.25) is 0 Å². The maximum atomic E-state index is 10.4. The van der Waals surface area contributed by atoms with Crippen molar-refractivity contribution in [3.63, 3.8) is 0 Å². The van der Waals surface area contributed by atoms with E-state index in [9.17, 15) is 4.79 Å². The second-order valence-corrected chi connectivity index (χ2v) is 2.37. The highest BCUT2D eigenvalue weighted by atomic mass is 16.4. The molecule has 1 aromatic heterocycles. The average molecular weight is 168 g/mol. The molecule has 0 radical (unpaired) electrons. The van der Waals surface area contributed by atoms with Gasteiger partial charge in [0, 0.05) is 0 Å². The lowest BCUT2D eigenvalue weighted by atomic mass is 10.3. The molecule has 64 valence electrons. The fourth-order valence-electron chi connectivity index (χ4n) is 0.735. The Hall–Kier alpha value is -1.65. The minimum atomic E-state index is -1.27. The molecule has 0 aliphatic rings. The standard InChI is InChI=1S/C7H8N2O3/c1-3-4(2)9-6(10)5(8-3)7(11)12/h1-2H3,(H,9,10)(H,11,12). The van der Waals surface area contributed by atoms with Crippen LogP contribution in [0.4, 0.5) is 0 Å². The zero-order valence-electron chi connectivity index (χ0n) is 6.70. The molecule has 0 unspecified atom stereocenters. The Morgan fingerprint density at radius 3 is 2.25 bits per heavy atom. The van der Waals surface area contributed by atoms with E-state index in [0.717, 1.165) is 0 Å². The van der Waals surface area contributed by atoms with Gasteiger partial charge in [-0.15, -0.1) is 0 Å². The van der Waals surface area contributed by atoms with Crippen molar-refractivity contribution in [3.05, 3.63) is 17.1 Å². The summed E-state index contributed by atoms with van der Waals surface area (Å²) < 4.78 is 0. The Kier molecular flexibility index (Phi) is 1.95. The molecule has 0 amide bonds. The number of rotatable bonds is 1. The normalized spacial score (nSPS) is 9.83. The molecule has 0 fully saturated rings. The zero-order valence-corrected chi connectivity index (χ0v) is 6.70. The summed E-state index contributed by atoms with van der Waals surface area (Å²) in [5.41, 5.74) is 0.626. The molecule has 5 nitrogen and oxygen atoms in total. The largest absolute Gasteiger partial charge is 0.492 e. The number of hydrogen-bond acceptors (Lipinski definition) is 4. The molecule has 0 aliphatic carbocycles. The van der Waals surface area contributed by atoms with Crippen molar-refractivity contribution in [3.8, 4) is 5.88 Å². The summed E-state index contributed by atoms with van der Waals surface area (Å²) in [5, 5.41) is 17.6. The number of hydrogen-bond donors (Lipinski definition) is 2. The third-order valence-corrected chi connectivity index (χ3v) is 1.49. The smallest absolute Gasteiger partial charge is 0.360 e. The van der Waals surface area contributed by atoms with Crippen molar-refractivity contribution in [2.45, 2.75) is 13.8 Å². The van der Waals surface area contributed by atoms with Crippen LogP contribution in [0.1, 0.15) is 21.9 Å². The van der Waals surface area contributed by atoms with Gasteiger partial charge in [-0.3, -0.25) is 0 Å². The maximum Gasteiger partial charge on any atom is 0.360 e. The molecule has 0 aromatic carbocycles. The van der Waals surface area contributed by atoms with Crippen LogP contribution in [-0.2, 0) is 0 Å². The highest BCUT2D eigenvalue weighted by Crippen LogP contribution is 2.13. The van der Waals surface area contributed by atoms with Gasteiger partial charge in [-0.2, -0.15) is 0 Å². The fraction of sp³-hybridized carbons (Fsp3) is 0.286. The van der Waals surface area contributed by atoms with Crippen molar-refractivity contribution in [2.24, 2.45) is 0 Å². The van der Waals surface area contributed by atoms with Crippen LogP contribution in [-0.4, -0.2) is 26.2 Å². The predicted molar refractivity (Wildman–Crippen MR) is 40.1 cm³/mol. The summed E-state index contributed by atoms with van der Waals surface area (Å²) in [5.74, 6) is -1.81. The monoisotopic (exact) mass is 168 g/mol. The van der Waals surface area contributed by atoms with E-state index in [1.807, 2.05) is 0 Å². The van der Waals surface area contributed by atoms with E-state index in [0.29, 0.717) is 11.4 Å². The van der Waals surface area contributed by atoms with Crippen molar-refractivity contribution in [1.29, 1.82) is 0 Å². The van der Waals surface area contributed by atoms with E-state index >= 15 is 0 Å². The number of aromatic nitrogens is 2. The van der Waals surface area contributed by atoms with Gasteiger partial charge in [0.2, 0.25) is 11.6 Å². The van der Waals surface area contributed by atoms with Gasteiger partial charge in [-0.25, -0.2) is 14.8 Å². The topological polar surface area (TPSA) is 83.3 Å². The lowest BCUT2D eigenvalue weighted by Crippen LogP contribution is -2.05. The van der Waals surface area contributed by atoms with Gasteiger partial charge in [0.1, 0.15) is 0 Å². The van der Waals surface area contributed by atoms with Crippen molar-refractivity contribution < 1.29 is 15.0 Å². The molecule has 5 heteroatoms. The predicted octanol–water partition coefficient (Wildman–Crippen LogP) is 0.497. The Morgan fingerprint density at radius 1 is 1.25 bits per heavy atom. The molecular formula is C7H8N2O3. The minimum Gasteiger partial charge on any atom is -0.492 e. The zero-order chi connectivity index (χ0) is 9.30. The first-order valence-corrected chi connectivity index (χ1v) is 3.30. The first kappa shape index (κ1) is 8.45. The summed E-state index contributed by atoms with van der Waals surface area (Å²) in [6, 6.07) is 0. The highest BCUT2D eigenvalue weighted by molar-refractivity contribution is 5.87. The van der Waals surface area contributed by atoms with Crippen LogP contribution in [0.15, 0.2) is 0 Å². The quantitative estimate of drug-likeness (QED) is 0.637. The van der Waals surface area contributed by atoms with E-state index in [1.165, 1.54) is 0 Å². The van der Waals surface area contributed by atoms with Crippen molar-refractivity contribution >= 4 is 5.97 Å². The summed E-state index contributed by atoms with van der Waals surface area (Å²) >= 11 is 0. The molecule has 0 saturated carbocycles. The van der Waals surface area contributed by atoms with E-state index in [-0.39, 0.29) is 0 Å². The number of aromatic carboxylic acids is 1. The Balaban J connectivity index is 3.33. The van der Waals surface area contributed by atoms with Gasteiger partial charge < -0.3 is 10.2 Å². The molecule has 0 spiro atoms. The fourth-order valence-corrected chi connectivity index (χ4v) is 0.735. The maximum absolute atomic E-state index is 10.4. The molecule has 0 bridgehead atoms. The molecule has 1 heterocycles. The second-order valence-electron chi connectivity index (χ2n) is 2.37. The molecule has 2 N–H and O–H groups in total. The lowest BCUT2D eigenvalue weighted by molar-refractivity contribution is 0.0685. The first-order valence-electron chi connectivity index (χ1n) is 3.30. The SMILES string of the molecule is Cc1nc(O)c(C(=O)O)nc1C. The number of aryl methyl sites for hydroxylation is 2. The molecular weight excluding hydrogens is 160 g/mol. The first-order chi connectivity index (χ1) is 5.52. The van der Waals surface area contributed by atoms with Crippen LogP contribution in [0.5, 0.6) is 5.88 Å². The van der Waals surface area contributed by atoms with E-state index < -0.39 is 17.5 Å². The van der Waals surface area contributed by atoms with Crippen LogP contribution in [0, 0.1) is 13.8 Å². The molecule has 12 heavy (non-hydrogen) atoms. The van der Waals surface area contributed by atoms with Gasteiger partial charge in [-0.05, 0) is 13.8 Å². The average Bonchev–Trinajstić information content (AvgIpc) is 1.96. The number of carbonyl (C=O) groups is 1. The summed E-state index contributed by atoms with van der Waals surface area (Å²) in [7, 11) is 0. The molecule has 0 aliphatic heterocycles. The lowest BCUT2D eigenvalue weighted by Gasteiger charge is -2.01. The molecule has 1 rings (SSSR count). The highest BCUT2D eigenvalue weighted by Gasteiger charge is 2.14. The van der Waals surface area contributed by atoms with E-state index in [1.54, 1.807) is 13.8 Å². The van der Waals surface area contributed by atoms with Crippen LogP contribution < -0.4 is 0 Å². The van der Waals surface area contributed by atoms with Gasteiger partial charge in [0.25, 0.3) is 0 Å². The van der Waals surface area contributed by atoms with E-state index in [2.05, 4.69) is 9.97 Å². The molecule has 1 aromatic rings. The van der Waals surface area contributed by atoms with Crippen molar-refractivity contribution in [1.82, 2.24) is 9.97 Å². The summed E-state index contributed by atoms with van der Waals surface area (Å²) in [6.07, 6.45) is 0. The minimum absolute atomic E-state index is 0.405. The van der Waals surface area contributed by atoms with E-state index in [4.69, 9.17) is 10.2 Å². The number of nitrogens with zero attached hydrogens (tertiary/aromatic N) is 2. The second kappa shape index (κ2) is 2.77. The van der Waals surface area contributed by atoms with Crippen LogP contribution >= 0.6 is 0 Å². The van der Waals surface area contributed by atoms with Gasteiger partial charge in [0.15, 0.2) is 0 Å².